The first kappa shape index (κ1) is 21.5. The van der Waals surface area contributed by atoms with Crippen molar-refractivity contribution >= 4 is 17.5 Å². The zero-order chi connectivity index (χ0) is 21.5. The Morgan fingerprint density at radius 1 is 1.13 bits per heavy atom. The van der Waals surface area contributed by atoms with Crippen molar-refractivity contribution < 1.29 is 19.1 Å². The lowest BCUT2D eigenvalue weighted by Gasteiger charge is -2.56. The molecular formula is C26H36O4. The molecule has 0 aliphatic heterocycles. The second-order valence-corrected chi connectivity index (χ2v) is 10.5. The van der Waals surface area contributed by atoms with Gasteiger partial charge in [0.1, 0.15) is 6.61 Å². The summed E-state index contributed by atoms with van der Waals surface area (Å²) < 4.78 is 5.31. The highest BCUT2D eigenvalue weighted by Gasteiger charge is 2.59. The summed E-state index contributed by atoms with van der Waals surface area (Å²) in [5.41, 5.74) is 1.32. The van der Waals surface area contributed by atoms with Crippen molar-refractivity contribution in [3.8, 4) is 0 Å². The van der Waals surface area contributed by atoms with Gasteiger partial charge in [0.2, 0.25) is 0 Å². The molecule has 0 aromatic rings. The van der Waals surface area contributed by atoms with Gasteiger partial charge in [-0.25, -0.2) is 0 Å². The molecule has 30 heavy (non-hydrogen) atoms. The van der Waals surface area contributed by atoms with E-state index in [-0.39, 0.29) is 40.9 Å². The Bertz CT molecular complexity index is 793. The summed E-state index contributed by atoms with van der Waals surface area (Å²) in [5, 5.41) is 0. The highest BCUT2D eigenvalue weighted by Crippen LogP contribution is 2.66. The van der Waals surface area contributed by atoms with E-state index in [0.717, 1.165) is 51.4 Å². The molecule has 0 aromatic heterocycles. The Labute approximate surface area is 180 Å². The van der Waals surface area contributed by atoms with Crippen molar-refractivity contribution in [1.82, 2.24) is 0 Å². The number of unbranched alkanes of at least 4 members (excludes halogenated alkanes) is 1. The number of fused-ring (bicyclic) bond motifs is 5. The molecule has 4 heteroatoms. The number of allylic oxidation sites excluding steroid dienone is 4. The van der Waals surface area contributed by atoms with Gasteiger partial charge in [-0.2, -0.15) is 0 Å². The molecule has 0 unspecified atom stereocenters. The van der Waals surface area contributed by atoms with Crippen molar-refractivity contribution in [3.05, 3.63) is 23.8 Å². The van der Waals surface area contributed by atoms with Crippen LogP contribution in [0.15, 0.2) is 23.8 Å². The summed E-state index contributed by atoms with van der Waals surface area (Å²) in [6.07, 6.45) is 14.2. The van der Waals surface area contributed by atoms with Crippen molar-refractivity contribution in [1.29, 1.82) is 0 Å². The number of hydrogen-bond acceptors (Lipinski definition) is 4. The lowest BCUT2D eigenvalue weighted by Crippen LogP contribution is -2.50. The van der Waals surface area contributed by atoms with Gasteiger partial charge in [0.05, 0.1) is 0 Å². The predicted molar refractivity (Wildman–Crippen MR) is 116 cm³/mol. The zero-order valence-corrected chi connectivity index (χ0v) is 18.7. The normalized spacial score (nSPS) is 39.6. The van der Waals surface area contributed by atoms with Crippen molar-refractivity contribution in [2.45, 2.75) is 78.6 Å². The number of carbonyl (C=O) groups excluding carboxylic acids is 3. The van der Waals surface area contributed by atoms with Gasteiger partial charge in [0, 0.05) is 17.8 Å². The maximum Gasteiger partial charge on any atom is 0.306 e. The smallest absolute Gasteiger partial charge is 0.306 e. The summed E-state index contributed by atoms with van der Waals surface area (Å²) in [4.78, 5) is 36.8. The molecule has 0 aromatic carbocycles. The molecule has 0 N–H and O–H groups in total. The Balaban J connectivity index is 1.46. The van der Waals surface area contributed by atoms with Gasteiger partial charge in [-0.3, -0.25) is 14.4 Å². The number of ether oxygens (including phenoxy) is 1. The molecule has 4 rings (SSSR count). The standard InChI is InChI=1S/C26H36O4/c1-4-5-6-24(29)30-16-23(28)22-10-9-20-19-8-7-17-15-18(27)11-13-25(17,2)21(19)12-14-26(20,22)3/h11,13,15,19-22H,4-10,12,14,16H2,1-3H3/t19-,20-,21-,22+,25-,26-/m0/s1. The van der Waals surface area contributed by atoms with E-state index < -0.39 is 0 Å². The number of hydrogen-bond donors (Lipinski definition) is 0. The van der Waals surface area contributed by atoms with E-state index in [1.54, 1.807) is 6.08 Å². The van der Waals surface area contributed by atoms with Crippen LogP contribution in [-0.2, 0) is 19.1 Å². The topological polar surface area (TPSA) is 60.4 Å². The van der Waals surface area contributed by atoms with Crippen LogP contribution >= 0.6 is 0 Å². The van der Waals surface area contributed by atoms with E-state index in [1.165, 1.54) is 5.57 Å². The molecule has 0 bridgehead atoms. The van der Waals surface area contributed by atoms with Crippen LogP contribution in [0.1, 0.15) is 78.6 Å². The Morgan fingerprint density at radius 2 is 1.93 bits per heavy atom. The van der Waals surface area contributed by atoms with Crippen LogP contribution in [0.25, 0.3) is 0 Å². The average molecular weight is 413 g/mol. The lowest BCUT2D eigenvalue weighted by molar-refractivity contribution is -0.151. The molecule has 4 aliphatic rings. The van der Waals surface area contributed by atoms with Gasteiger partial charge in [-0.1, -0.05) is 38.8 Å². The van der Waals surface area contributed by atoms with Crippen molar-refractivity contribution in [3.63, 3.8) is 0 Å². The van der Waals surface area contributed by atoms with E-state index in [0.29, 0.717) is 24.2 Å². The lowest BCUT2D eigenvalue weighted by atomic mass is 9.47. The third kappa shape index (κ3) is 3.50. The zero-order valence-electron chi connectivity index (χ0n) is 18.7. The van der Waals surface area contributed by atoms with Crippen molar-refractivity contribution in [2.24, 2.45) is 34.5 Å². The molecule has 0 saturated heterocycles. The molecule has 0 heterocycles. The Hall–Kier alpha value is -1.71. The summed E-state index contributed by atoms with van der Waals surface area (Å²) in [5.74, 6) is 1.72. The highest BCUT2D eigenvalue weighted by atomic mass is 16.5. The molecule has 4 aliphatic carbocycles. The third-order valence-electron chi connectivity index (χ3n) is 9.06. The van der Waals surface area contributed by atoms with Gasteiger partial charge in [-0.15, -0.1) is 0 Å². The number of Topliss-reactive ketones (excluding diaryl/α,β-unsaturated/α-hetero) is 1. The van der Waals surface area contributed by atoms with E-state index in [1.807, 2.05) is 13.0 Å². The van der Waals surface area contributed by atoms with Gasteiger partial charge in [0.15, 0.2) is 11.6 Å². The number of esters is 1. The van der Waals surface area contributed by atoms with E-state index in [9.17, 15) is 14.4 Å². The number of carbonyl (C=O) groups is 3. The van der Waals surface area contributed by atoms with E-state index >= 15 is 0 Å². The molecule has 0 radical (unpaired) electrons. The quantitative estimate of drug-likeness (QED) is 0.562. The second kappa shape index (κ2) is 8.09. The van der Waals surface area contributed by atoms with Crippen LogP contribution in [-0.4, -0.2) is 24.1 Å². The van der Waals surface area contributed by atoms with Crippen molar-refractivity contribution in [2.75, 3.05) is 6.61 Å². The van der Waals surface area contributed by atoms with Crippen LogP contribution in [0, 0.1) is 34.5 Å². The summed E-state index contributed by atoms with van der Waals surface area (Å²) in [6.45, 7) is 6.61. The minimum absolute atomic E-state index is 0.00490. The maximum atomic E-state index is 13.0. The Morgan fingerprint density at radius 3 is 2.70 bits per heavy atom. The molecule has 3 saturated carbocycles. The van der Waals surface area contributed by atoms with Crippen LogP contribution < -0.4 is 0 Å². The highest BCUT2D eigenvalue weighted by molar-refractivity contribution is 6.01. The fourth-order valence-electron chi connectivity index (χ4n) is 7.37. The van der Waals surface area contributed by atoms with Crippen LogP contribution in [0.2, 0.25) is 0 Å². The molecule has 164 valence electrons. The first-order valence-corrected chi connectivity index (χ1v) is 11.9. The van der Waals surface area contributed by atoms with E-state index in [2.05, 4.69) is 19.9 Å². The summed E-state index contributed by atoms with van der Waals surface area (Å²) in [6, 6.07) is 0. The summed E-state index contributed by atoms with van der Waals surface area (Å²) >= 11 is 0. The van der Waals surface area contributed by atoms with Gasteiger partial charge >= 0.3 is 5.97 Å². The second-order valence-electron chi connectivity index (χ2n) is 10.5. The molecular weight excluding hydrogens is 376 g/mol. The maximum absolute atomic E-state index is 13.0. The first-order valence-electron chi connectivity index (χ1n) is 11.9. The number of rotatable bonds is 6. The largest absolute Gasteiger partial charge is 0.458 e. The molecule has 3 fully saturated rings. The van der Waals surface area contributed by atoms with Gasteiger partial charge in [-0.05, 0) is 80.3 Å². The van der Waals surface area contributed by atoms with Gasteiger partial charge < -0.3 is 4.74 Å². The fraction of sp³-hybridized carbons (Fsp3) is 0.731. The van der Waals surface area contributed by atoms with Crippen LogP contribution in [0.4, 0.5) is 0 Å². The minimum atomic E-state index is -0.244. The third-order valence-corrected chi connectivity index (χ3v) is 9.06. The summed E-state index contributed by atoms with van der Waals surface area (Å²) in [7, 11) is 0. The number of ketones is 2. The monoisotopic (exact) mass is 412 g/mol. The van der Waals surface area contributed by atoms with Crippen LogP contribution in [0.5, 0.6) is 0 Å². The SMILES string of the molecule is CCCCC(=O)OCC(=O)[C@H]1CC[C@H]2[C@@H]3CCC4=CC(=O)C=C[C@]4(C)[C@H]3CC[C@]12C. The molecule has 0 spiro atoms. The minimum Gasteiger partial charge on any atom is -0.458 e. The fourth-order valence-corrected chi connectivity index (χ4v) is 7.37. The van der Waals surface area contributed by atoms with Crippen LogP contribution in [0.3, 0.4) is 0 Å². The first-order chi connectivity index (χ1) is 14.3. The average Bonchev–Trinajstić information content (AvgIpc) is 3.08. The van der Waals surface area contributed by atoms with E-state index in [4.69, 9.17) is 4.74 Å². The predicted octanol–water partition coefficient (Wildman–Crippen LogP) is 5.21. The molecule has 4 nitrogen and oxygen atoms in total. The Kier molecular flexibility index (Phi) is 5.80. The molecule has 0 amide bonds. The van der Waals surface area contributed by atoms with Gasteiger partial charge in [0.25, 0.3) is 0 Å². The molecule has 6 atom stereocenters.